The summed E-state index contributed by atoms with van der Waals surface area (Å²) in [5, 5.41) is 15.1. The molecular weight excluding hydrogens is 318 g/mol. The van der Waals surface area contributed by atoms with Crippen LogP contribution < -0.4 is 5.32 Å². The van der Waals surface area contributed by atoms with Gasteiger partial charge in [0.2, 0.25) is 0 Å². The SMILES string of the molecule is CC(C)n1nccc1-c1nnc(NC(=O)c2ccc(Cl)cc2)o1. The molecule has 3 rings (SSSR count). The first-order valence-electron chi connectivity index (χ1n) is 6.99. The molecule has 0 aliphatic heterocycles. The van der Waals surface area contributed by atoms with Crippen LogP contribution in [0.5, 0.6) is 0 Å². The zero-order valence-corrected chi connectivity index (χ0v) is 13.3. The van der Waals surface area contributed by atoms with Crippen LogP contribution in [0.2, 0.25) is 5.02 Å². The molecule has 0 saturated carbocycles. The third-order valence-electron chi connectivity index (χ3n) is 3.13. The largest absolute Gasteiger partial charge is 0.401 e. The Bertz CT molecular complexity index is 823. The van der Waals surface area contributed by atoms with E-state index < -0.39 is 0 Å². The summed E-state index contributed by atoms with van der Waals surface area (Å²) < 4.78 is 7.26. The van der Waals surface area contributed by atoms with Crippen molar-refractivity contribution in [1.29, 1.82) is 0 Å². The molecule has 3 aromatic rings. The summed E-state index contributed by atoms with van der Waals surface area (Å²) in [6.45, 7) is 3.99. The molecule has 0 radical (unpaired) electrons. The highest BCUT2D eigenvalue weighted by molar-refractivity contribution is 6.30. The summed E-state index contributed by atoms with van der Waals surface area (Å²) in [7, 11) is 0. The molecule has 2 heterocycles. The Balaban J connectivity index is 1.78. The van der Waals surface area contributed by atoms with E-state index in [1.807, 2.05) is 13.8 Å². The number of benzene rings is 1. The maximum atomic E-state index is 12.1. The van der Waals surface area contributed by atoms with Crippen molar-refractivity contribution in [3.63, 3.8) is 0 Å². The minimum absolute atomic E-state index is 0.0245. The van der Waals surface area contributed by atoms with E-state index >= 15 is 0 Å². The molecule has 23 heavy (non-hydrogen) atoms. The van der Waals surface area contributed by atoms with Crippen molar-refractivity contribution in [3.05, 3.63) is 47.1 Å². The maximum absolute atomic E-state index is 12.1. The quantitative estimate of drug-likeness (QED) is 0.791. The van der Waals surface area contributed by atoms with Crippen LogP contribution in [0.3, 0.4) is 0 Å². The lowest BCUT2D eigenvalue weighted by Gasteiger charge is -2.07. The van der Waals surface area contributed by atoms with Crippen molar-refractivity contribution in [2.24, 2.45) is 0 Å². The first-order valence-corrected chi connectivity index (χ1v) is 7.36. The lowest BCUT2D eigenvalue weighted by Crippen LogP contribution is -2.11. The number of hydrogen-bond acceptors (Lipinski definition) is 5. The molecule has 1 aromatic carbocycles. The van der Waals surface area contributed by atoms with E-state index in [1.54, 1.807) is 41.2 Å². The molecule has 7 nitrogen and oxygen atoms in total. The van der Waals surface area contributed by atoms with Gasteiger partial charge in [-0.3, -0.25) is 14.8 Å². The second-order valence-electron chi connectivity index (χ2n) is 5.13. The highest BCUT2D eigenvalue weighted by atomic mass is 35.5. The van der Waals surface area contributed by atoms with Crippen molar-refractivity contribution in [2.45, 2.75) is 19.9 Å². The molecule has 0 atom stereocenters. The van der Waals surface area contributed by atoms with Gasteiger partial charge in [-0.15, -0.1) is 5.10 Å². The maximum Gasteiger partial charge on any atom is 0.322 e. The topological polar surface area (TPSA) is 85.8 Å². The normalized spacial score (nSPS) is 11.0. The monoisotopic (exact) mass is 331 g/mol. The standard InChI is InChI=1S/C15H14ClN5O2/c1-9(2)21-12(7-8-17-21)14-19-20-15(23-14)18-13(22)10-3-5-11(16)6-4-10/h3-9H,1-2H3,(H,18,20,22). The van der Waals surface area contributed by atoms with Crippen molar-refractivity contribution >= 4 is 23.5 Å². The van der Waals surface area contributed by atoms with Crippen molar-refractivity contribution in [1.82, 2.24) is 20.0 Å². The van der Waals surface area contributed by atoms with E-state index in [2.05, 4.69) is 20.6 Å². The van der Waals surface area contributed by atoms with Crippen LogP contribution >= 0.6 is 11.6 Å². The number of hydrogen-bond donors (Lipinski definition) is 1. The smallest absolute Gasteiger partial charge is 0.322 e. The molecule has 0 spiro atoms. The third kappa shape index (κ3) is 3.24. The van der Waals surface area contributed by atoms with Crippen LogP contribution in [0.25, 0.3) is 11.6 Å². The molecule has 0 fully saturated rings. The summed E-state index contributed by atoms with van der Waals surface area (Å²) in [5.74, 6) is -0.0585. The summed E-state index contributed by atoms with van der Waals surface area (Å²) in [5.41, 5.74) is 1.14. The van der Waals surface area contributed by atoms with E-state index in [1.165, 1.54) is 0 Å². The molecule has 0 aliphatic carbocycles. The van der Waals surface area contributed by atoms with Crippen molar-refractivity contribution < 1.29 is 9.21 Å². The lowest BCUT2D eigenvalue weighted by molar-refractivity contribution is 0.102. The van der Waals surface area contributed by atoms with Gasteiger partial charge in [0.1, 0.15) is 5.69 Å². The number of nitrogens with zero attached hydrogens (tertiary/aromatic N) is 4. The Kier molecular flexibility index (Phi) is 4.12. The Hall–Kier alpha value is -2.67. The van der Waals surface area contributed by atoms with Gasteiger partial charge in [-0.25, -0.2) is 0 Å². The van der Waals surface area contributed by atoms with Crippen LogP contribution in [0.1, 0.15) is 30.2 Å². The zero-order chi connectivity index (χ0) is 16.4. The first kappa shape index (κ1) is 15.2. The number of rotatable bonds is 4. The van der Waals surface area contributed by atoms with Crippen molar-refractivity contribution in [3.8, 4) is 11.6 Å². The van der Waals surface area contributed by atoms with E-state index in [-0.39, 0.29) is 18.0 Å². The van der Waals surface area contributed by atoms with Crippen LogP contribution in [0.15, 0.2) is 40.9 Å². The van der Waals surface area contributed by atoms with E-state index in [9.17, 15) is 4.79 Å². The minimum atomic E-state index is -0.353. The Morgan fingerprint density at radius 3 is 2.65 bits per heavy atom. The molecule has 1 amide bonds. The number of carbonyl (C=O) groups excluding carboxylic acids is 1. The molecule has 2 aromatic heterocycles. The van der Waals surface area contributed by atoms with Gasteiger partial charge in [0.15, 0.2) is 0 Å². The van der Waals surface area contributed by atoms with E-state index in [0.717, 1.165) is 0 Å². The van der Waals surface area contributed by atoms with Crippen molar-refractivity contribution in [2.75, 3.05) is 5.32 Å². The Labute approximate surface area is 137 Å². The van der Waals surface area contributed by atoms with Crippen LogP contribution in [-0.2, 0) is 0 Å². The number of carbonyl (C=O) groups is 1. The van der Waals surface area contributed by atoms with Gasteiger partial charge < -0.3 is 4.42 Å². The second-order valence-corrected chi connectivity index (χ2v) is 5.56. The Morgan fingerprint density at radius 1 is 1.22 bits per heavy atom. The average Bonchev–Trinajstić information content (AvgIpc) is 3.16. The molecule has 1 N–H and O–H groups in total. The fourth-order valence-electron chi connectivity index (χ4n) is 2.04. The highest BCUT2D eigenvalue weighted by Gasteiger charge is 2.16. The molecule has 0 unspecified atom stereocenters. The van der Waals surface area contributed by atoms with E-state index in [4.69, 9.17) is 16.0 Å². The van der Waals surface area contributed by atoms with Gasteiger partial charge in [0, 0.05) is 22.8 Å². The van der Waals surface area contributed by atoms with Crippen LogP contribution in [-0.4, -0.2) is 25.9 Å². The third-order valence-corrected chi connectivity index (χ3v) is 3.38. The number of nitrogens with one attached hydrogen (secondary N) is 1. The summed E-state index contributed by atoms with van der Waals surface area (Å²) >= 11 is 5.80. The highest BCUT2D eigenvalue weighted by Crippen LogP contribution is 2.22. The van der Waals surface area contributed by atoms with Crippen LogP contribution in [0.4, 0.5) is 6.01 Å². The minimum Gasteiger partial charge on any atom is -0.401 e. The molecule has 0 bridgehead atoms. The lowest BCUT2D eigenvalue weighted by atomic mass is 10.2. The molecule has 0 saturated heterocycles. The first-order chi connectivity index (χ1) is 11.0. The number of halogens is 1. The van der Waals surface area contributed by atoms with E-state index in [0.29, 0.717) is 22.2 Å². The predicted molar refractivity (Wildman–Crippen MR) is 85.3 cm³/mol. The Morgan fingerprint density at radius 2 is 1.96 bits per heavy atom. The number of amides is 1. The predicted octanol–water partition coefficient (Wildman–Crippen LogP) is 3.42. The van der Waals surface area contributed by atoms with Gasteiger partial charge in [0.05, 0.1) is 0 Å². The average molecular weight is 332 g/mol. The summed E-state index contributed by atoms with van der Waals surface area (Å²) in [4.78, 5) is 12.1. The number of aromatic nitrogens is 4. The zero-order valence-electron chi connectivity index (χ0n) is 12.5. The van der Waals surface area contributed by atoms with Crippen LogP contribution in [0, 0.1) is 0 Å². The van der Waals surface area contributed by atoms with Gasteiger partial charge in [-0.2, -0.15) is 5.10 Å². The second kappa shape index (κ2) is 6.21. The van der Waals surface area contributed by atoms with Gasteiger partial charge in [0.25, 0.3) is 11.8 Å². The fourth-order valence-corrected chi connectivity index (χ4v) is 2.17. The summed E-state index contributed by atoms with van der Waals surface area (Å²) in [6, 6.07) is 8.45. The van der Waals surface area contributed by atoms with Gasteiger partial charge in [-0.1, -0.05) is 16.7 Å². The molecule has 8 heteroatoms. The van der Waals surface area contributed by atoms with Gasteiger partial charge in [-0.05, 0) is 44.2 Å². The fraction of sp³-hybridized carbons (Fsp3) is 0.200. The molecule has 118 valence electrons. The summed E-state index contributed by atoms with van der Waals surface area (Å²) in [6.07, 6.45) is 1.66. The number of anilines is 1. The molecular formula is C15H14ClN5O2. The molecule has 0 aliphatic rings. The van der Waals surface area contributed by atoms with Gasteiger partial charge >= 0.3 is 6.01 Å².